The van der Waals surface area contributed by atoms with E-state index in [1.54, 1.807) is 7.11 Å². The Labute approximate surface area is 321 Å². The Morgan fingerprint density at radius 2 is 1.31 bits per heavy atom. The van der Waals surface area contributed by atoms with Gasteiger partial charge in [-0.2, -0.15) is 0 Å². The lowest BCUT2D eigenvalue weighted by Gasteiger charge is -2.24. The minimum atomic E-state index is -1.05. The smallest absolute Gasteiger partial charge is 0.243 e. The zero-order valence-corrected chi connectivity index (χ0v) is 32.3. The lowest BCUT2D eigenvalue weighted by molar-refractivity contribution is -0.132. The Balaban J connectivity index is 1.80. The molecule has 3 aromatic rings. The van der Waals surface area contributed by atoms with Crippen molar-refractivity contribution in [3.8, 4) is 16.9 Å². The summed E-state index contributed by atoms with van der Waals surface area (Å²) in [6.45, 7) is 0.946. The summed E-state index contributed by atoms with van der Waals surface area (Å²) in [7, 11) is 1.59. The van der Waals surface area contributed by atoms with Gasteiger partial charge in [0.05, 0.1) is 22.1 Å². The predicted octanol–water partition coefficient (Wildman–Crippen LogP) is 2.19. The number of nitrogens with one attached hydrogen (secondary N) is 3. The van der Waals surface area contributed by atoms with Gasteiger partial charge in [0.2, 0.25) is 17.7 Å². The molecule has 0 saturated heterocycles. The quantitative estimate of drug-likeness (QED) is 0.0471. The topological polar surface area (TPSA) is 251 Å². The van der Waals surface area contributed by atoms with Crippen LogP contribution in [-0.4, -0.2) is 74.5 Å². The normalized spacial score (nSPS) is 12.5. The van der Waals surface area contributed by atoms with Gasteiger partial charge in [-0.15, -0.1) is 0 Å². The van der Waals surface area contributed by atoms with Crippen LogP contribution in [0.5, 0.6) is 5.75 Å². The molecule has 0 radical (unpaired) electrons. The van der Waals surface area contributed by atoms with Crippen molar-refractivity contribution in [3.05, 3.63) is 86.8 Å². The van der Waals surface area contributed by atoms with E-state index in [-0.39, 0.29) is 43.6 Å². The number of benzene rings is 3. The number of carbonyl (C=O) groups is 3. The molecule has 0 spiro atoms. The largest absolute Gasteiger partial charge is 0.494 e. The van der Waals surface area contributed by atoms with Crippen molar-refractivity contribution in [3.63, 3.8) is 0 Å². The van der Waals surface area contributed by atoms with Crippen molar-refractivity contribution in [2.45, 2.75) is 56.7 Å². The van der Waals surface area contributed by atoms with Crippen LogP contribution < -0.4 is 49.4 Å². The van der Waals surface area contributed by atoms with Gasteiger partial charge in [0, 0.05) is 26.1 Å². The van der Waals surface area contributed by atoms with E-state index < -0.39 is 29.9 Å². The van der Waals surface area contributed by atoms with Crippen molar-refractivity contribution in [1.29, 1.82) is 0 Å². The van der Waals surface area contributed by atoms with Crippen LogP contribution in [-0.2, 0) is 27.2 Å². The summed E-state index contributed by atoms with van der Waals surface area (Å²) < 4.78 is 7.00. The highest BCUT2D eigenvalue weighted by molar-refractivity contribution is 9.11. The molecule has 13 N–H and O–H groups in total. The highest BCUT2D eigenvalue weighted by Crippen LogP contribution is 2.37. The number of hydrogen-bond donors (Lipinski definition) is 8. The molecule has 0 aliphatic rings. The van der Waals surface area contributed by atoms with Crippen molar-refractivity contribution >= 4 is 61.5 Å². The van der Waals surface area contributed by atoms with Crippen LogP contribution in [0.3, 0.4) is 0 Å². The summed E-state index contributed by atoms with van der Waals surface area (Å²) in [5.74, 6) is -0.867. The van der Waals surface area contributed by atoms with Gasteiger partial charge < -0.3 is 49.4 Å². The molecule has 0 aromatic heterocycles. The first kappa shape index (κ1) is 41.7. The third-order valence-corrected chi connectivity index (χ3v) is 9.18. The lowest BCUT2D eigenvalue weighted by atomic mass is 9.99. The number of halogens is 2. The van der Waals surface area contributed by atoms with Gasteiger partial charge in [-0.1, -0.05) is 54.6 Å². The summed E-state index contributed by atoms with van der Waals surface area (Å²) >= 11 is 7.09. The van der Waals surface area contributed by atoms with Crippen molar-refractivity contribution < 1.29 is 19.1 Å². The molecule has 280 valence electrons. The van der Waals surface area contributed by atoms with E-state index in [1.165, 1.54) is 0 Å². The minimum absolute atomic E-state index is 0.0509. The van der Waals surface area contributed by atoms with Crippen LogP contribution in [0.2, 0.25) is 0 Å². The minimum Gasteiger partial charge on any atom is -0.494 e. The lowest BCUT2D eigenvalue weighted by Crippen LogP contribution is -2.56. The van der Waals surface area contributed by atoms with Gasteiger partial charge in [-0.05, 0) is 98.4 Å². The predicted molar refractivity (Wildman–Crippen MR) is 212 cm³/mol. The highest BCUT2D eigenvalue weighted by atomic mass is 79.9. The summed E-state index contributed by atoms with van der Waals surface area (Å²) in [6, 6.07) is 18.3. The molecule has 14 nitrogen and oxygen atoms in total. The van der Waals surface area contributed by atoms with E-state index in [2.05, 4.69) is 57.8 Å². The maximum atomic E-state index is 13.9. The molecule has 0 unspecified atom stereocenters. The van der Waals surface area contributed by atoms with E-state index >= 15 is 0 Å². The first-order valence-electron chi connectivity index (χ1n) is 16.8. The standard InChI is InChI=1S/C36H48Br2N10O4/c1-52-31-26(37)20-25(21-27(31)38)24-13-11-23(12-14-24)19-30(48-32(49)28(39)9-5-16-45-35(40)41)34(51)47-29(10-6-17-46-36(42)43)33(50)44-18-15-22-7-3-2-4-8-22/h2-4,7-8,11-14,20-21,28-30H,5-6,9-10,15-19,39H2,1H3,(H,44,50)(H,47,51)(H,48,49)(H4,40,41,45)(H4,42,43,46)/t28-,29-,30-/m0/s1. The summed E-state index contributed by atoms with van der Waals surface area (Å²) in [5.41, 5.74) is 31.6. The summed E-state index contributed by atoms with van der Waals surface area (Å²) in [4.78, 5) is 48.5. The average Bonchev–Trinajstić information content (AvgIpc) is 3.11. The van der Waals surface area contributed by atoms with E-state index in [4.69, 9.17) is 33.4 Å². The Hall–Kier alpha value is -4.67. The van der Waals surface area contributed by atoms with Crippen LogP contribution in [0.15, 0.2) is 85.7 Å². The molecule has 3 aromatic carbocycles. The first-order valence-corrected chi connectivity index (χ1v) is 18.4. The SMILES string of the molecule is COc1c(Br)cc(-c2ccc(C[C@H](NC(=O)[C@@H](N)CCCN=C(N)N)C(=O)N[C@@H](CCCN=C(N)N)C(=O)NCCc3ccccc3)cc2)cc1Br. The number of nitrogens with zero attached hydrogens (tertiary/aromatic N) is 2. The molecule has 52 heavy (non-hydrogen) atoms. The number of amides is 3. The number of nitrogens with two attached hydrogens (primary N) is 5. The molecule has 16 heteroatoms. The molecule has 3 rings (SSSR count). The Morgan fingerprint density at radius 3 is 1.88 bits per heavy atom. The molecule has 0 aliphatic heterocycles. The fourth-order valence-corrected chi connectivity index (χ4v) is 6.78. The monoisotopic (exact) mass is 842 g/mol. The number of carbonyl (C=O) groups excluding carboxylic acids is 3. The number of hydrogen-bond acceptors (Lipinski definition) is 7. The van der Waals surface area contributed by atoms with Crippen LogP contribution in [0.25, 0.3) is 11.1 Å². The maximum Gasteiger partial charge on any atom is 0.243 e. The van der Waals surface area contributed by atoms with Gasteiger partial charge in [0.1, 0.15) is 17.8 Å². The van der Waals surface area contributed by atoms with Crippen molar-refractivity contribution in [2.75, 3.05) is 26.7 Å². The molecule has 0 bridgehead atoms. The molecular weight excluding hydrogens is 796 g/mol. The van der Waals surface area contributed by atoms with Crippen LogP contribution in [0, 0.1) is 0 Å². The van der Waals surface area contributed by atoms with Gasteiger partial charge in [-0.3, -0.25) is 24.4 Å². The Kier molecular flexibility index (Phi) is 17.4. The van der Waals surface area contributed by atoms with Crippen LogP contribution >= 0.6 is 31.9 Å². The number of rotatable bonds is 20. The second-order valence-electron chi connectivity index (χ2n) is 12.0. The van der Waals surface area contributed by atoms with Gasteiger partial charge in [0.15, 0.2) is 11.9 Å². The molecular formula is C36H48Br2N10O4. The van der Waals surface area contributed by atoms with Crippen molar-refractivity contribution in [2.24, 2.45) is 38.7 Å². The van der Waals surface area contributed by atoms with Gasteiger partial charge in [-0.25, -0.2) is 0 Å². The number of aliphatic imine (C=N–C) groups is 2. The third-order valence-electron chi connectivity index (χ3n) is 8.00. The van der Waals surface area contributed by atoms with E-state index in [9.17, 15) is 14.4 Å². The second kappa shape index (κ2) is 21.6. The van der Waals surface area contributed by atoms with E-state index in [1.807, 2.05) is 66.7 Å². The number of guanidine groups is 2. The van der Waals surface area contributed by atoms with Crippen molar-refractivity contribution in [1.82, 2.24) is 16.0 Å². The molecule has 3 amide bonds. The molecule has 0 fully saturated rings. The zero-order valence-electron chi connectivity index (χ0n) is 29.1. The molecule has 0 saturated carbocycles. The van der Waals surface area contributed by atoms with E-state index in [0.717, 1.165) is 31.2 Å². The maximum absolute atomic E-state index is 13.9. The second-order valence-corrected chi connectivity index (χ2v) is 13.7. The Morgan fingerprint density at radius 1 is 0.731 bits per heavy atom. The van der Waals surface area contributed by atoms with Crippen LogP contribution in [0.1, 0.15) is 36.8 Å². The number of ether oxygens (including phenoxy) is 1. The first-order chi connectivity index (χ1) is 24.9. The molecule has 3 atom stereocenters. The Bertz CT molecular complexity index is 1660. The average molecular weight is 845 g/mol. The van der Waals surface area contributed by atoms with E-state index in [0.29, 0.717) is 38.1 Å². The van der Waals surface area contributed by atoms with Crippen LogP contribution in [0.4, 0.5) is 0 Å². The summed E-state index contributed by atoms with van der Waals surface area (Å²) in [6.07, 6.45) is 2.17. The fraction of sp³-hybridized carbons (Fsp3) is 0.361. The third kappa shape index (κ3) is 14.2. The number of methoxy groups -OCH3 is 1. The van der Waals surface area contributed by atoms with Gasteiger partial charge >= 0.3 is 0 Å². The summed E-state index contributed by atoms with van der Waals surface area (Å²) in [5, 5.41) is 8.58. The highest BCUT2D eigenvalue weighted by Gasteiger charge is 2.28. The van der Waals surface area contributed by atoms with Gasteiger partial charge in [0.25, 0.3) is 0 Å². The fourth-order valence-electron chi connectivity index (χ4n) is 5.27. The molecule has 0 aliphatic carbocycles. The zero-order chi connectivity index (χ0) is 38.0. The molecule has 0 heterocycles.